The van der Waals surface area contributed by atoms with Crippen LogP contribution in [0.25, 0.3) is 16.8 Å². The van der Waals surface area contributed by atoms with Crippen LogP contribution in [0.2, 0.25) is 5.02 Å². The SMILES string of the molecule is COc1ccc(-c2cc3c(SCC(=O)NCc4ccccc4Cl)nccn3n2)cc1. The fourth-order valence-corrected chi connectivity index (χ4v) is 3.94. The van der Waals surface area contributed by atoms with Gasteiger partial charge in [-0.1, -0.05) is 41.6 Å². The molecule has 0 radical (unpaired) electrons. The molecule has 1 N–H and O–H groups in total. The second kappa shape index (κ2) is 9.19. The van der Waals surface area contributed by atoms with Crippen LogP contribution in [-0.2, 0) is 11.3 Å². The van der Waals surface area contributed by atoms with Crippen LogP contribution in [0.1, 0.15) is 5.56 Å². The zero-order valence-corrected chi connectivity index (χ0v) is 17.8. The summed E-state index contributed by atoms with van der Waals surface area (Å²) in [5.74, 6) is 0.960. The Bertz CT molecular complexity index is 1180. The summed E-state index contributed by atoms with van der Waals surface area (Å²) in [6.07, 6.45) is 3.48. The van der Waals surface area contributed by atoms with E-state index in [2.05, 4.69) is 15.4 Å². The average Bonchev–Trinajstić information content (AvgIpc) is 3.22. The van der Waals surface area contributed by atoms with Gasteiger partial charge < -0.3 is 10.1 Å². The Morgan fingerprint density at radius 2 is 2.00 bits per heavy atom. The predicted molar refractivity (Wildman–Crippen MR) is 119 cm³/mol. The number of aromatic nitrogens is 3. The molecule has 6 nitrogen and oxygen atoms in total. The number of methoxy groups -OCH3 is 1. The molecule has 0 aliphatic rings. The maximum atomic E-state index is 12.3. The number of amides is 1. The van der Waals surface area contributed by atoms with E-state index in [0.717, 1.165) is 33.1 Å². The fourth-order valence-electron chi connectivity index (χ4n) is 2.93. The molecule has 0 aliphatic heterocycles. The van der Waals surface area contributed by atoms with Crippen molar-refractivity contribution in [2.45, 2.75) is 11.6 Å². The van der Waals surface area contributed by atoms with Crippen molar-refractivity contribution in [1.29, 1.82) is 0 Å². The van der Waals surface area contributed by atoms with Gasteiger partial charge in [0, 0.05) is 29.5 Å². The summed E-state index contributed by atoms with van der Waals surface area (Å²) in [6, 6.07) is 17.2. The number of fused-ring (bicyclic) bond motifs is 1. The van der Waals surface area contributed by atoms with Gasteiger partial charge in [0.25, 0.3) is 0 Å². The molecule has 0 fully saturated rings. The number of nitrogens with zero attached hydrogens (tertiary/aromatic N) is 3. The van der Waals surface area contributed by atoms with Gasteiger partial charge in [-0.2, -0.15) is 5.10 Å². The van der Waals surface area contributed by atoms with E-state index in [0.29, 0.717) is 11.6 Å². The van der Waals surface area contributed by atoms with E-state index in [1.54, 1.807) is 24.0 Å². The standard InChI is InChI=1S/C22H19ClN4O2S/c1-29-17-8-6-15(7-9-17)19-12-20-22(24-10-11-27(20)26-19)30-14-21(28)25-13-16-4-2-3-5-18(16)23/h2-12H,13-14H2,1H3,(H,25,28). The van der Waals surface area contributed by atoms with Gasteiger partial charge in [0.15, 0.2) is 0 Å². The summed E-state index contributed by atoms with van der Waals surface area (Å²) in [7, 11) is 1.64. The largest absolute Gasteiger partial charge is 0.497 e. The molecule has 8 heteroatoms. The van der Waals surface area contributed by atoms with E-state index in [1.165, 1.54) is 11.8 Å². The highest BCUT2D eigenvalue weighted by molar-refractivity contribution is 8.00. The molecule has 0 saturated heterocycles. The van der Waals surface area contributed by atoms with Crippen molar-refractivity contribution in [3.63, 3.8) is 0 Å². The number of nitrogens with one attached hydrogen (secondary N) is 1. The van der Waals surface area contributed by atoms with Gasteiger partial charge in [0.1, 0.15) is 10.8 Å². The minimum Gasteiger partial charge on any atom is -0.497 e. The van der Waals surface area contributed by atoms with E-state index in [4.69, 9.17) is 16.3 Å². The number of hydrogen-bond acceptors (Lipinski definition) is 5. The van der Waals surface area contributed by atoms with Gasteiger partial charge in [0.2, 0.25) is 5.91 Å². The second-order valence-electron chi connectivity index (χ2n) is 6.48. The van der Waals surface area contributed by atoms with Gasteiger partial charge >= 0.3 is 0 Å². The van der Waals surface area contributed by atoms with Gasteiger partial charge in [-0.3, -0.25) is 4.79 Å². The molecular weight excluding hydrogens is 420 g/mol. The third-order valence-corrected chi connectivity index (χ3v) is 5.88. The van der Waals surface area contributed by atoms with Crippen LogP contribution in [-0.4, -0.2) is 33.4 Å². The lowest BCUT2D eigenvalue weighted by Crippen LogP contribution is -2.24. The maximum Gasteiger partial charge on any atom is 0.230 e. The Balaban J connectivity index is 1.44. The summed E-state index contributed by atoms with van der Waals surface area (Å²) in [6.45, 7) is 0.394. The first kappa shape index (κ1) is 20.3. The molecule has 1 amide bonds. The van der Waals surface area contributed by atoms with E-state index in [1.807, 2.05) is 54.6 Å². The highest BCUT2D eigenvalue weighted by Gasteiger charge is 2.12. The Labute approximate surface area is 183 Å². The fraction of sp³-hybridized carbons (Fsp3) is 0.136. The van der Waals surface area contributed by atoms with Gasteiger partial charge in [-0.25, -0.2) is 9.50 Å². The van der Waals surface area contributed by atoms with Crippen molar-refractivity contribution in [1.82, 2.24) is 19.9 Å². The topological polar surface area (TPSA) is 68.5 Å². The molecule has 4 rings (SSSR count). The minimum absolute atomic E-state index is 0.0846. The van der Waals surface area contributed by atoms with Crippen molar-refractivity contribution in [2.24, 2.45) is 0 Å². The molecule has 0 unspecified atom stereocenters. The summed E-state index contributed by atoms with van der Waals surface area (Å²) < 4.78 is 6.98. The number of carbonyl (C=O) groups excluding carboxylic acids is 1. The molecule has 2 heterocycles. The number of hydrogen-bond donors (Lipinski definition) is 1. The average molecular weight is 439 g/mol. The summed E-state index contributed by atoms with van der Waals surface area (Å²) >= 11 is 7.51. The molecule has 152 valence electrons. The van der Waals surface area contributed by atoms with Crippen molar-refractivity contribution >= 4 is 34.8 Å². The van der Waals surface area contributed by atoms with Crippen LogP contribution in [0.4, 0.5) is 0 Å². The van der Waals surface area contributed by atoms with Gasteiger partial charge in [-0.05, 0) is 42.0 Å². The number of rotatable bonds is 7. The monoisotopic (exact) mass is 438 g/mol. The van der Waals surface area contributed by atoms with Crippen molar-refractivity contribution in [3.05, 3.63) is 77.6 Å². The summed E-state index contributed by atoms with van der Waals surface area (Å²) in [5, 5.41) is 8.90. The Morgan fingerprint density at radius 1 is 1.20 bits per heavy atom. The smallest absolute Gasteiger partial charge is 0.230 e. The molecule has 2 aromatic carbocycles. The molecule has 4 aromatic rings. The quantitative estimate of drug-likeness (QED) is 0.431. The van der Waals surface area contributed by atoms with Gasteiger partial charge in [0.05, 0.1) is 24.1 Å². The number of halogens is 1. The van der Waals surface area contributed by atoms with Crippen LogP contribution in [0.15, 0.2) is 72.0 Å². The summed E-state index contributed by atoms with van der Waals surface area (Å²) in [4.78, 5) is 16.7. The first-order chi connectivity index (χ1) is 14.6. The molecule has 2 aromatic heterocycles. The number of ether oxygens (including phenoxy) is 1. The molecule has 0 spiro atoms. The Morgan fingerprint density at radius 3 is 2.77 bits per heavy atom. The molecule has 0 aliphatic carbocycles. The molecule has 0 saturated carbocycles. The molecule has 0 atom stereocenters. The highest BCUT2D eigenvalue weighted by atomic mass is 35.5. The number of thioether (sulfide) groups is 1. The predicted octanol–water partition coefficient (Wildman–Crippen LogP) is 4.47. The summed E-state index contributed by atoms with van der Waals surface area (Å²) in [5.41, 5.74) is 3.55. The lowest BCUT2D eigenvalue weighted by Gasteiger charge is -2.07. The third-order valence-electron chi connectivity index (χ3n) is 4.51. The Kier molecular flexibility index (Phi) is 6.21. The number of carbonyl (C=O) groups is 1. The van der Waals surface area contributed by atoms with Crippen LogP contribution in [0.3, 0.4) is 0 Å². The van der Waals surface area contributed by atoms with E-state index < -0.39 is 0 Å². The normalized spacial score (nSPS) is 10.9. The zero-order valence-electron chi connectivity index (χ0n) is 16.2. The Hall–Kier alpha value is -3.03. The lowest BCUT2D eigenvalue weighted by molar-refractivity contribution is -0.118. The van der Waals surface area contributed by atoms with Crippen molar-refractivity contribution in [2.75, 3.05) is 12.9 Å². The first-order valence-corrected chi connectivity index (χ1v) is 10.6. The maximum absolute atomic E-state index is 12.3. The van der Waals surface area contributed by atoms with Crippen LogP contribution < -0.4 is 10.1 Å². The molecular formula is C22H19ClN4O2S. The molecule has 30 heavy (non-hydrogen) atoms. The lowest BCUT2D eigenvalue weighted by atomic mass is 10.1. The van der Waals surface area contributed by atoms with E-state index in [9.17, 15) is 4.79 Å². The van der Waals surface area contributed by atoms with E-state index in [-0.39, 0.29) is 11.7 Å². The van der Waals surface area contributed by atoms with Crippen LogP contribution in [0.5, 0.6) is 5.75 Å². The third kappa shape index (κ3) is 4.58. The second-order valence-corrected chi connectivity index (χ2v) is 7.85. The van der Waals surface area contributed by atoms with Crippen molar-refractivity contribution < 1.29 is 9.53 Å². The van der Waals surface area contributed by atoms with Crippen LogP contribution in [0, 0.1) is 0 Å². The van der Waals surface area contributed by atoms with E-state index >= 15 is 0 Å². The van der Waals surface area contributed by atoms with Gasteiger partial charge in [-0.15, -0.1) is 0 Å². The minimum atomic E-state index is -0.0846. The number of benzene rings is 2. The first-order valence-electron chi connectivity index (χ1n) is 9.26. The van der Waals surface area contributed by atoms with Crippen molar-refractivity contribution in [3.8, 4) is 17.0 Å². The van der Waals surface area contributed by atoms with Crippen LogP contribution >= 0.6 is 23.4 Å². The molecule has 0 bridgehead atoms. The zero-order chi connectivity index (χ0) is 20.9. The highest BCUT2D eigenvalue weighted by Crippen LogP contribution is 2.27.